The molecule has 0 spiro atoms. The summed E-state index contributed by atoms with van der Waals surface area (Å²) in [6, 6.07) is 2.65. The number of methoxy groups -OCH3 is 1. The maximum Gasteiger partial charge on any atom is 0.430 e. The first-order valence-electron chi connectivity index (χ1n) is 10.3. The number of carbonyl (C=O) groups excluding carboxylic acids is 2. The molecule has 2 rings (SSSR count). The Kier molecular flexibility index (Phi) is 7.86. The van der Waals surface area contributed by atoms with Crippen molar-refractivity contribution in [2.24, 2.45) is 11.8 Å². The van der Waals surface area contributed by atoms with Gasteiger partial charge in [0.1, 0.15) is 0 Å². The van der Waals surface area contributed by atoms with Gasteiger partial charge >= 0.3 is 12.4 Å². The first-order valence-corrected chi connectivity index (χ1v) is 10.3. The van der Waals surface area contributed by atoms with Crippen molar-refractivity contribution in [1.29, 1.82) is 0 Å². The molecule has 1 N–H and O–H groups in total. The number of ether oxygens (including phenoxy) is 1. The monoisotopic (exact) mass is 493 g/mol. The van der Waals surface area contributed by atoms with E-state index in [4.69, 9.17) is 0 Å². The van der Waals surface area contributed by atoms with E-state index >= 15 is 0 Å². The first-order chi connectivity index (χ1) is 15.5. The Bertz CT molecular complexity index is 1030. The van der Waals surface area contributed by atoms with Crippen LogP contribution in [0.2, 0.25) is 0 Å². The number of aromatic nitrogens is 2. The van der Waals surface area contributed by atoms with Crippen molar-refractivity contribution in [2.45, 2.75) is 52.1 Å². The lowest BCUT2D eigenvalue weighted by Gasteiger charge is -2.37. The van der Waals surface area contributed by atoms with E-state index in [9.17, 15) is 35.9 Å². The Labute approximate surface area is 192 Å². The number of hydrogen-bond donors (Lipinski definition) is 1. The minimum atomic E-state index is -5.80. The van der Waals surface area contributed by atoms with Crippen LogP contribution in [0.4, 0.5) is 32.0 Å². The number of amides is 1. The van der Waals surface area contributed by atoms with Gasteiger partial charge in [-0.25, -0.2) is 4.68 Å². The van der Waals surface area contributed by atoms with E-state index in [2.05, 4.69) is 15.2 Å². The van der Waals surface area contributed by atoms with E-state index in [-0.39, 0.29) is 41.0 Å². The number of nitrogens with zero attached hydrogens (tertiary/aromatic N) is 2. The van der Waals surface area contributed by atoms with Crippen molar-refractivity contribution in [3.8, 4) is 0 Å². The molecule has 0 fully saturated rings. The van der Waals surface area contributed by atoms with Gasteiger partial charge in [0.05, 0.1) is 11.8 Å². The van der Waals surface area contributed by atoms with Gasteiger partial charge in [-0.2, -0.15) is 31.4 Å². The standard InChI is InChI=1S/C22H25F6N3O3/c1-12(2)8-14-9-16(30-18(32)15-10-29-31(11-15)19(33)13(3)4)6-7-17(14)20(34-5,21(23,24)25)22(26,27)28/h6-7,9-13H,8H2,1-5H3,(H,30,32). The molecule has 0 unspecified atom stereocenters. The fraction of sp³-hybridized carbons (Fsp3) is 0.500. The second kappa shape index (κ2) is 9.77. The SMILES string of the molecule is COC(c1ccc(NC(=O)c2cnn(C(=O)C(C)C)c2)cc1CC(C)C)(C(F)(F)F)C(F)(F)F. The largest absolute Gasteiger partial charge is 0.430 e. The minimum absolute atomic E-state index is 0.0136. The number of halogens is 6. The van der Waals surface area contributed by atoms with Crippen LogP contribution in [0.3, 0.4) is 0 Å². The van der Waals surface area contributed by atoms with Gasteiger partial charge in [-0.1, -0.05) is 33.8 Å². The summed E-state index contributed by atoms with van der Waals surface area (Å²) < 4.78 is 87.8. The Balaban J connectivity index is 2.51. The van der Waals surface area contributed by atoms with Crippen LogP contribution >= 0.6 is 0 Å². The molecule has 0 aliphatic carbocycles. The minimum Gasteiger partial charge on any atom is -0.357 e. The van der Waals surface area contributed by atoms with Crippen LogP contribution in [0.25, 0.3) is 0 Å². The molecule has 0 aliphatic heterocycles. The van der Waals surface area contributed by atoms with E-state index in [1.54, 1.807) is 27.7 Å². The van der Waals surface area contributed by atoms with Crippen LogP contribution in [-0.2, 0) is 16.8 Å². The molecular formula is C22H25F6N3O3. The highest BCUT2D eigenvalue weighted by Crippen LogP contribution is 2.53. The zero-order valence-electron chi connectivity index (χ0n) is 19.1. The molecule has 1 heterocycles. The Morgan fingerprint density at radius 1 is 1.06 bits per heavy atom. The number of alkyl halides is 6. The average molecular weight is 493 g/mol. The summed E-state index contributed by atoms with van der Waals surface area (Å²) in [5.74, 6) is -1.79. The second-order valence-corrected chi connectivity index (χ2v) is 8.47. The van der Waals surface area contributed by atoms with Crippen LogP contribution in [0.5, 0.6) is 0 Å². The predicted molar refractivity (Wildman–Crippen MR) is 111 cm³/mol. The molecular weight excluding hydrogens is 468 g/mol. The summed E-state index contributed by atoms with van der Waals surface area (Å²) in [4.78, 5) is 24.5. The van der Waals surface area contributed by atoms with Crippen LogP contribution in [0.1, 0.15) is 54.0 Å². The third-order valence-corrected chi connectivity index (χ3v) is 5.04. The molecule has 0 bridgehead atoms. The quantitative estimate of drug-likeness (QED) is 0.510. The van der Waals surface area contributed by atoms with Crippen LogP contribution < -0.4 is 5.32 Å². The van der Waals surface area contributed by atoms with E-state index in [0.29, 0.717) is 13.2 Å². The van der Waals surface area contributed by atoms with Gasteiger partial charge in [0.2, 0.25) is 5.91 Å². The lowest BCUT2D eigenvalue weighted by molar-refractivity contribution is -0.383. The molecule has 1 amide bonds. The van der Waals surface area contributed by atoms with Crippen molar-refractivity contribution >= 4 is 17.5 Å². The van der Waals surface area contributed by atoms with Gasteiger partial charge < -0.3 is 10.1 Å². The molecule has 0 saturated carbocycles. The maximum absolute atomic E-state index is 13.8. The molecule has 0 aliphatic rings. The number of rotatable bonds is 7. The Morgan fingerprint density at radius 2 is 1.65 bits per heavy atom. The van der Waals surface area contributed by atoms with E-state index in [1.165, 1.54) is 6.20 Å². The number of benzene rings is 1. The molecule has 34 heavy (non-hydrogen) atoms. The smallest absolute Gasteiger partial charge is 0.357 e. The van der Waals surface area contributed by atoms with Gasteiger partial charge in [0, 0.05) is 30.5 Å². The number of hydrogen-bond acceptors (Lipinski definition) is 4. The number of nitrogens with one attached hydrogen (secondary N) is 1. The normalized spacial score (nSPS) is 13.0. The van der Waals surface area contributed by atoms with Crippen molar-refractivity contribution in [3.63, 3.8) is 0 Å². The zero-order valence-corrected chi connectivity index (χ0v) is 19.1. The third-order valence-electron chi connectivity index (χ3n) is 5.04. The van der Waals surface area contributed by atoms with E-state index in [1.807, 2.05) is 0 Å². The molecule has 0 atom stereocenters. The molecule has 0 saturated heterocycles. The maximum atomic E-state index is 13.8. The zero-order chi connectivity index (χ0) is 26.1. The molecule has 188 valence electrons. The fourth-order valence-corrected chi connectivity index (χ4v) is 3.46. The van der Waals surface area contributed by atoms with Crippen molar-refractivity contribution in [3.05, 3.63) is 47.3 Å². The van der Waals surface area contributed by atoms with Crippen LogP contribution in [-0.4, -0.2) is 41.1 Å². The topological polar surface area (TPSA) is 73.2 Å². The van der Waals surface area contributed by atoms with Gasteiger partial charge in [0.25, 0.3) is 11.5 Å². The lowest BCUT2D eigenvalue weighted by Crippen LogP contribution is -2.55. The van der Waals surface area contributed by atoms with Gasteiger partial charge in [-0.05, 0) is 30.0 Å². The summed E-state index contributed by atoms with van der Waals surface area (Å²) in [5.41, 5.74) is -5.96. The molecule has 2 aromatic rings. The highest BCUT2D eigenvalue weighted by atomic mass is 19.4. The molecule has 1 aromatic heterocycles. The summed E-state index contributed by atoms with van der Waals surface area (Å²) in [7, 11) is 0.353. The molecule has 12 heteroatoms. The number of anilines is 1. The van der Waals surface area contributed by atoms with Gasteiger partial charge in [-0.3, -0.25) is 9.59 Å². The summed E-state index contributed by atoms with van der Waals surface area (Å²) >= 11 is 0. The fourth-order valence-electron chi connectivity index (χ4n) is 3.46. The highest BCUT2D eigenvalue weighted by Gasteiger charge is 2.73. The Hall–Kier alpha value is -2.89. The predicted octanol–water partition coefficient (Wildman–Crippen LogP) is 5.60. The lowest BCUT2D eigenvalue weighted by atomic mass is 9.84. The third kappa shape index (κ3) is 5.26. The first kappa shape index (κ1) is 27.4. The second-order valence-electron chi connectivity index (χ2n) is 8.47. The van der Waals surface area contributed by atoms with Crippen molar-refractivity contribution < 1.29 is 40.7 Å². The highest BCUT2D eigenvalue weighted by molar-refractivity contribution is 6.04. The Morgan fingerprint density at radius 3 is 2.12 bits per heavy atom. The molecule has 6 nitrogen and oxygen atoms in total. The summed E-state index contributed by atoms with van der Waals surface area (Å²) in [6.07, 6.45) is -9.42. The summed E-state index contributed by atoms with van der Waals surface area (Å²) in [5, 5.41) is 6.23. The molecule has 1 aromatic carbocycles. The van der Waals surface area contributed by atoms with Crippen molar-refractivity contribution in [1.82, 2.24) is 9.78 Å². The molecule has 0 radical (unpaired) electrons. The van der Waals surface area contributed by atoms with Gasteiger partial charge in [-0.15, -0.1) is 0 Å². The van der Waals surface area contributed by atoms with E-state index < -0.39 is 29.4 Å². The summed E-state index contributed by atoms with van der Waals surface area (Å²) in [6.45, 7) is 6.54. The average Bonchev–Trinajstić information content (AvgIpc) is 3.17. The van der Waals surface area contributed by atoms with Gasteiger partial charge in [0.15, 0.2) is 0 Å². The van der Waals surface area contributed by atoms with Crippen LogP contribution in [0.15, 0.2) is 30.6 Å². The van der Waals surface area contributed by atoms with E-state index in [0.717, 1.165) is 23.0 Å². The van der Waals surface area contributed by atoms with Crippen molar-refractivity contribution in [2.75, 3.05) is 12.4 Å². The van der Waals surface area contributed by atoms with Crippen LogP contribution in [0, 0.1) is 11.8 Å². The number of carbonyl (C=O) groups is 2.